The largest absolute Gasteiger partial charge is 0.436 e. The average molecular weight is 642 g/mol. The van der Waals surface area contributed by atoms with E-state index in [1.54, 1.807) is 6.33 Å². The highest BCUT2D eigenvalue weighted by molar-refractivity contribution is 5.87. The molecule has 46 heavy (non-hydrogen) atoms. The van der Waals surface area contributed by atoms with Gasteiger partial charge in [-0.3, -0.25) is 4.90 Å². The lowest BCUT2D eigenvalue weighted by atomic mass is 9.96. The first-order valence-electron chi connectivity index (χ1n) is 15.2. The lowest BCUT2D eigenvalue weighted by Gasteiger charge is -2.47. The molecule has 0 aliphatic carbocycles. The minimum atomic E-state index is -4.98. The van der Waals surface area contributed by atoms with E-state index in [1.807, 2.05) is 30.1 Å². The van der Waals surface area contributed by atoms with Crippen molar-refractivity contribution in [3.8, 4) is 0 Å². The van der Waals surface area contributed by atoms with Crippen LogP contribution in [-0.2, 0) is 17.5 Å². The van der Waals surface area contributed by atoms with Crippen LogP contribution in [0.3, 0.4) is 0 Å². The van der Waals surface area contributed by atoms with Crippen molar-refractivity contribution < 1.29 is 26.7 Å². The van der Waals surface area contributed by atoms with Gasteiger partial charge < -0.3 is 14.2 Å². The quantitative estimate of drug-likeness (QED) is 0.230. The number of pyridine rings is 1. The fourth-order valence-electron chi connectivity index (χ4n) is 6.75. The maximum Gasteiger partial charge on any atom is 0.436 e. The molecule has 0 unspecified atom stereocenters. The number of piperazine rings is 1. The zero-order valence-electron chi connectivity index (χ0n) is 25.4. The number of ether oxygens (including phenoxy) is 1. The first-order chi connectivity index (χ1) is 22.0. The fourth-order valence-corrected chi connectivity index (χ4v) is 6.75. The highest BCUT2D eigenvalue weighted by atomic mass is 19.4. The number of nitrogens with zero attached hydrogens (tertiary/aromatic N) is 9. The number of halogens is 5. The Kier molecular flexibility index (Phi) is 7.62. The minimum Gasteiger partial charge on any atom is -0.376 e. The summed E-state index contributed by atoms with van der Waals surface area (Å²) in [4.78, 5) is 17.7. The van der Waals surface area contributed by atoms with Gasteiger partial charge >= 0.3 is 6.18 Å². The van der Waals surface area contributed by atoms with Gasteiger partial charge in [0.25, 0.3) is 5.78 Å². The Labute approximate surface area is 260 Å². The van der Waals surface area contributed by atoms with Gasteiger partial charge in [0.15, 0.2) is 23.0 Å². The summed E-state index contributed by atoms with van der Waals surface area (Å²) in [6, 6.07) is 6.34. The SMILES string of the molecule is Cc1nc2c(N3C[C@@H](C)N([C@@H](c4ccc(F)cc4)c4ccc(F)c(C(F)(F)F)n4)C[C@@H]3C)nc3nncn3c2n1C[C@@H]1CCCO1. The monoisotopic (exact) mass is 641 g/mol. The van der Waals surface area contributed by atoms with Crippen LogP contribution >= 0.6 is 0 Å². The molecule has 0 N–H and O–H groups in total. The number of aryl methyl sites for hydroxylation is 1. The number of imidazole rings is 1. The Morgan fingerprint density at radius 2 is 1.76 bits per heavy atom. The van der Waals surface area contributed by atoms with Gasteiger partial charge in [0, 0.05) is 31.8 Å². The molecule has 10 nitrogen and oxygen atoms in total. The smallest absolute Gasteiger partial charge is 0.376 e. The predicted octanol–water partition coefficient (Wildman–Crippen LogP) is 5.34. The van der Waals surface area contributed by atoms with E-state index in [1.165, 1.54) is 30.3 Å². The van der Waals surface area contributed by atoms with Crippen LogP contribution in [0.25, 0.3) is 16.9 Å². The first-order valence-corrected chi connectivity index (χ1v) is 15.2. The first kappa shape index (κ1) is 30.4. The molecule has 0 spiro atoms. The molecule has 2 aliphatic heterocycles. The molecule has 0 radical (unpaired) electrons. The van der Waals surface area contributed by atoms with Crippen molar-refractivity contribution in [2.45, 2.75) is 70.6 Å². The van der Waals surface area contributed by atoms with E-state index in [4.69, 9.17) is 14.7 Å². The predicted molar refractivity (Wildman–Crippen MR) is 158 cm³/mol. The molecule has 2 fully saturated rings. The molecule has 2 saturated heterocycles. The molecular weight excluding hydrogens is 609 g/mol. The Hall–Kier alpha value is -4.24. The van der Waals surface area contributed by atoms with E-state index in [9.17, 15) is 22.0 Å². The molecule has 5 aromatic rings. The van der Waals surface area contributed by atoms with Gasteiger partial charge in [0.2, 0.25) is 0 Å². The summed E-state index contributed by atoms with van der Waals surface area (Å²) in [6.07, 6.45) is -1.32. The van der Waals surface area contributed by atoms with Crippen LogP contribution in [-0.4, -0.2) is 76.9 Å². The number of fused-ring (bicyclic) bond motifs is 3. The number of benzene rings is 1. The van der Waals surface area contributed by atoms with Crippen LogP contribution in [0.5, 0.6) is 0 Å². The fraction of sp³-hybridized carbons (Fsp3) is 0.452. The summed E-state index contributed by atoms with van der Waals surface area (Å²) < 4.78 is 79.2. The maximum absolute atomic E-state index is 14.3. The number of hydrogen-bond donors (Lipinski definition) is 0. The molecule has 6 heterocycles. The molecule has 1 aromatic carbocycles. The molecule has 4 atom stereocenters. The van der Waals surface area contributed by atoms with Gasteiger partial charge in [-0.2, -0.15) is 18.2 Å². The number of anilines is 1. The summed E-state index contributed by atoms with van der Waals surface area (Å²) in [5.41, 5.74) is 0.454. The van der Waals surface area contributed by atoms with Crippen LogP contribution in [0.2, 0.25) is 0 Å². The Morgan fingerprint density at radius 3 is 2.48 bits per heavy atom. The molecule has 0 saturated carbocycles. The second kappa shape index (κ2) is 11.5. The van der Waals surface area contributed by atoms with Crippen LogP contribution in [0.4, 0.5) is 27.8 Å². The van der Waals surface area contributed by atoms with E-state index >= 15 is 0 Å². The van der Waals surface area contributed by atoms with E-state index in [0.29, 0.717) is 42.3 Å². The van der Waals surface area contributed by atoms with E-state index in [0.717, 1.165) is 37.0 Å². The van der Waals surface area contributed by atoms with Crippen LogP contribution in [0.1, 0.15) is 55.5 Å². The molecule has 0 amide bonds. The lowest BCUT2D eigenvalue weighted by Crippen LogP contribution is -2.57. The summed E-state index contributed by atoms with van der Waals surface area (Å²) in [5, 5.41) is 8.35. The Bertz CT molecular complexity index is 1880. The van der Waals surface area contributed by atoms with E-state index < -0.39 is 29.5 Å². The Morgan fingerprint density at radius 1 is 0.978 bits per heavy atom. The van der Waals surface area contributed by atoms with Gasteiger partial charge in [-0.1, -0.05) is 12.1 Å². The molecule has 2 aliphatic rings. The Balaban J connectivity index is 1.28. The van der Waals surface area contributed by atoms with Gasteiger partial charge in [-0.05, 0) is 63.4 Å². The standard InChI is InChI=1S/C31H32F5N9O/c1-17-14-43(28-25-29(45-16-37-41-30(45)40-28)44(19(3)38-25)15-22-5-4-12-46-22)18(2)13-42(17)26(20-6-8-21(32)9-7-20)24-11-10-23(33)27(39-24)31(34,35)36/h6-11,16-18,22,26H,4-5,12-15H2,1-3H3/t17-,18+,22+,26+/m1/s1. The molecule has 4 aromatic heterocycles. The maximum atomic E-state index is 14.3. The molecule has 0 bridgehead atoms. The van der Waals surface area contributed by atoms with Crippen LogP contribution in [0, 0.1) is 18.6 Å². The van der Waals surface area contributed by atoms with E-state index in [-0.39, 0.29) is 23.9 Å². The molecule has 7 rings (SSSR count). The zero-order valence-corrected chi connectivity index (χ0v) is 25.4. The van der Waals surface area contributed by atoms with Crippen LogP contribution < -0.4 is 4.90 Å². The third kappa shape index (κ3) is 5.34. The molecular formula is C31H32F5N9O. The highest BCUT2D eigenvalue weighted by Crippen LogP contribution is 2.38. The molecule has 242 valence electrons. The van der Waals surface area contributed by atoms with Crippen molar-refractivity contribution in [3.05, 3.63) is 77.1 Å². The highest BCUT2D eigenvalue weighted by Gasteiger charge is 2.40. The van der Waals surface area contributed by atoms with E-state index in [2.05, 4.69) is 24.6 Å². The van der Waals surface area contributed by atoms with Gasteiger partial charge in [-0.25, -0.2) is 23.1 Å². The van der Waals surface area contributed by atoms with Crippen molar-refractivity contribution in [2.75, 3.05) is 24.6 Å². The summed E-state index contributed by atoms with van der Waals surface area (Å²) >= 11 is 0. The normalized spacial score (nSPS) is 21.9. The average Bonchev–Trinajstić information content (AvgIpc) is 3.77. The van der Waals surface area contributed by atoms with Gasteiger partial charge in [0.1, 0.15) is 23.5 Å². The number of aromatic nitrogens is 7. The summed E-state index contributed by atoms with van der Waals surface area (Å²) in [6.45, 7) is 8.06. The number of hydrogen-bond acceptors (Lipinski definition) is 8. The number of alkyl halides is 3. The van der Waals surface area contributed by atoms with Gasteiger partial charge in [0.05, 0.1) is 24.4 Å². The third-order valence-corrected chi connectivity index (χ3v) is 8.96. The van der Waals surface area contributed by atoms with Crippen molar-refractivity contribution in [1.29, 1.82) is 0 Å². The van der Waals surface area contributed by atoms with Gasteiger partial charge in [-0.15, -0.1) is 10.2 Å². The second-order valence-corrected chi connectivity index (χ2v) is 12.1. The van der Waals surface area contributed by atoms with Crippen molar-refractivity contribution >= 4 is 22.8 Å². The lowest BCUT2D eigenvalue weighted by molar-refractivity contribution is -0.143. The minimum absolute atomic E-state index is 0.0155. The molecule has 15 heteroatoms. The van der Waals surface area contributed by atoms with Crippen molar-refractivity contribution in [2.24, 2.45) is 0 Å². The van der Waals surface area contributed by atoms with Crippen molar-refractivity contribution in [3.63, 3.8) is 0 Å². The second-order valence-electron chi connectivity index (χ2n) is 12.1. The summed E-state index contributed by atoms with van der Waals surface area (Å²) in [7, 11) is 0. The third-order valence-electron chi connectivity index (χ3n) is 8.96. The summed E-state index contributed by atoms with van der Waals surface area (Å²) in [5.74, 6) is -0.0919. The van der Waals surface area contributed by atoms with Crippen LogP contribution in [0.15, 0.2) is 42.7 Å². The zero-order chi connectivity index (χ0) is 32.3. The topological polar surface area (TPSA) is 89.5 Å². The van der Waals surface area contributed by atoms with Crippen molar-refractivity contribution in [1.82, 2.24) is 39.0 Å². The number of rotatable bonds is 6.